The highest BCUT2D eigenvalue weighted by Gasteiger charge is 2.18. The van der Waals surface area contributed by atoms with Gasteiger partial charge in [-0.05, 0) is 62.9 Å². The molecule has 7 nitrogen and oxygen atoms in total. The lowest BCUT2D eigenvalue weighted by Gasteiger charge is -2.18. The Hall–Kier alpha value is -1.77. The van der Waals surface area contributed by atoms with E-state index in [-0.39, 0.29) is 6.10 Å². The summed E-state index contributed by atoms with van der Waals surface area (Å²) < 4.78 is 26.2. The Bertz CT molecular complexity index is 886. The molecule has 1 N–H and O–H groups in total. The number of aryl methyl sites for hydroxylation is 1. The van der Waals surface area contributed by atoms with Crippen molar-refractivity contribution >= 4 is 36.4 Å². The van der Waals surface area contributed by atoms with E-state index >= 15 is 0 Å². The maximum Gasteiger partial charge on any atom is 0.412 e. The standard InChI is InChI=1S/C11H15NO3.C10H15O3PS2/c1-8(2)14-9-6-4-5-7-10(9)15-11(13)12-3;1-8-7-9(5-6-10(8)16-4)13-14(15,11-2)12-3/h4-8H,1-3H3,(H,12,13);5-7H,1-4H3. The number of hydrogen-bond acceptors (Lipinski definition) is 8. The molecule has 0 aliphatic rings. The molecule has 1 amide bonds. The van der Waals surface area contributed by atoms with Crippen LogP contribution in [0.25, 0.3) is 0 Å². The van der Waals surface area contributed by atoms with Crippen LogP contribution in [0.15, 0.2) is 47.4 Å². The topological polar surface area (TPSA) is 75.3 Å². The zero-order valence-corrected chi connectivity index (χ0v) is 21.4. The van der Waals surface area contributed by atoms with Gasteiger partial charge in [0.2, 0.25) is 0 Å². The van der Waals surface area contributed by atoms with Gasteiger partial charge in [0.1, 0.15) is 5.75 Å². The molecule has 0 aliphatic carbocycles. The highest BCUT2D eigenvalue weighted by molar-refractivity contribution is 8.07. The maximum absolute atomic E-state index is 11.0. The summed E-state index contributed by atoms with van der Waals surface area (Å²) >= 11 is 6.83. The molecule has 0 atom stereocenters. The molecule has 0 aromatic heterocycles. The molecule has 0 spiro atoms. The van der Waals surface area contributed by atoms with Crippen molar-refractivity contribution < 1.29 is 27.8 Å². The van der Waals surface area contributed by atoms with Crippen molar-refractivity contribution in [3.8, 4) is 17.2 Å². The van der Waals surface area contributed by atoms with Gasteiger partial charge in [0.15, 0.2) is 11.5 Å². The number of rotatable bonds is 8. The minimum atomic E-state index is -2.62. The molecule has 172 valence electrons. The summed E-state index contributed by atoms with van der Waals surface area (Å²) in [4.78, 5) is 12.2. The van der Waals surface area contributed by atoms with Gasteiger partial charge in [0.25, 0.3) is 0 Å². The summed E-state index contributed by atoms with van der Waals surface area (Å²) in [6.45, 7) is 3.24. The number of carbonyl (C=O) groups is 1. The molecule has 2 aromatic rings. The average Bonchev–Trinajstić information content (AvgIpc) is 2.75. The largest absolute Gasteiger partial charge is 0.487 e. The number of amides is 1. The van der Waals surface area contributed by atoms with Crippen LogP contribution in [0.5, 0.6) is 17.2 Å². The van der Waals surface area contributed by atoms with Crippen molar-refractivity contribution in [2.75, 3.05) is 27.5 Å². The first-order valence-corrected chi connectivity index (χ1v) is 13.2. The predicted molar refractivity (Wildman–Crippen MR) is 129 cm³/mol. The van der Waals surface area contributed by atoms with Gasteiger partial charge in [-0.2, -0.15) is 0 Å². The van der Waals surface area contributed by atoms with Crippen LogP contribution in [0.1, 0.15) is 19.4 Å². The third-order valence-electron chi connectivity index (χ3n) is 3.65. The van der Waals surface area contributed by atoms with Gasteiger partial charge in [-0.15, -0.1) is 11.8 Å². The molecular weight excluding hydrogens is 457 g/mol. The van der Waals surface area contributed by atoms with Crippen LogP contribution in [0.4, 0.5) is 4.79 Å². The van der Waals surface area contributed by atoms with Crippen LogP contribution in [-0.4, -0.2) is 39.7 Å². The van der Waals surface area contributed by atoms with Crippen LogP contribution in [0.3, 0.4) is 0 Å². The van der Waals surface area contributed by atoms with Crippen LogP contribution in [0.2, 0.25) is 0 Å². The van der Waals surface area contributed by atoms with Crippen molar-refractivity contribution in [2.24, 2.45) is 0 Å². The SMILES string of the molecule is CNC(=O)Oc1ccccc1OC(C)C.COP(=S)(OC)Oc1ccc(SC)c(C)c1. The van der Waals surface area contributed by atoms with Gasteiger partial charge < -0.3 is 28.4 Å². The number of hydrogen-bond donors (Lipinski definition) is 1. The zero-order valence-electron chi connectivity index (χ0n) is 18.8. The Morgan fingerprint density at radius 2 is 1.71 bits per heavy atom. The fourth-order valence-electron chi connectivity index (χ4n) is 2.22. The van der Waals surface area contributed by atoms with E-state index in [0.717, 1.165) is 5.56 Å². The summed E-state index contributed by atoms with van der Waals surface area (Å²) in [6, 6.07) is 12.9. The quantitative estimate of drug-likeness (QED) is 0.370. The summed E-state index contributed by atoms with van der Waals surface area (Å²) in [5.74, 6) is 1.67. The van der Waals surface area contributed by atoms with Crippen molar-refractivity contribution in [3.05, 3.63) is 48.0 Å². The van der Waals surface area contributed by atoms with Crippen LogP contribution in [0, 0.1) is 6.92 Å². The Morgan fingerprint density at radius 1 is 1.10 bits per heavy atom. The van der Waals surface area contributed by atoms with E-state index in [0.29, 0.717) is 17.2 Å². The second-order valence-corrected chi connectivity index (χ2v) is 10.3. The molecule has 0 aliphatic heterocycles. The molecule has 2 rings (SSSR count). The molecule has 2 aromatic carbocycles. The van der Waals surface area contributed by atoms with Crippen molar-refractivity contribution in [3.63, 3.8) is 0 Å². The minimum Gasteiger partial charge on any atom is -0.487 e. The number of nitrogens with one attached hydrogen (secondary N) is 1. The molecule has 0 saturated carbocycles. The van der Waals surface area contributed by atoms with E-state index in [1.54, 1.807) is 30.0 Å². The average molecular weight is 488 g/mol. The van der Waals surface area contributed by atoms with Crippen LogP contribution >= 0.6 is 18.5 Å². The minimum absolute atomic E-state index is 0.0411. The van der Waals surface area contributed by atoms with Gasteiger partial charge >= 0.3 is 12.8 Å². The summed E-state index contributed by atoms with van der Waals surface area (Å²) in [5, 5.41) is 2.38. The Morgan fingerprint density at radius 3 is 2.19 bits per heavy atom. The number of carbonyl (C=O) groups excluding carboxylic acids is 1. The molecule has 31 heavy (non-hydrogen) atoms. The smallest absolute Gasteiger partial charge is 0.412 e. The molecule has 0 heterocycles. The molecule has 0 radical (unpaired) electrons. The second kappa shape index (κ2) is 13.6. The lowest BCUT2D eigenvalue weighted by atomic mass is 10.2. The number of thioether (sulfide) groups is 1. The third kappa shape index (κ3) is 9.49. The molecule has 10 heteroatoms. The van der Waals surface area contributed by atoms with Crippen molar-refractivity contribution in [2.45, 2.75) is 31.8 Å². The second-order valence-electron chi connectivity index (χ2n) is 6.29. The van der Waals surface area contributed by atoms with Crippen molar-refractivity contribution in [1.29, 1.82) is 0 Å². The predicted octanol–water partition coefficient (Wildman–Crippen LogP) is 5.81. The molecule has 0 bridgehead atoms. The van der Waals surface area contributed by atoms with E-state index < -0.39 is 12.8 Å². The fraction of sp³-hybridized carbons (Fsp3) is 0.381. The van der Waals surface area contributed by atoms with E-state index in [1.165, 1.54) is 26.2 Å². The zero-order chi connectivity index (χ0) is 23.4. The lowest BCUT2D eigenvalue weighted by molar-refractivity contribution is 0.194. The van der Waals surface area contributed by atoms with Gasteiger partial charge in [-0.1, -0.05) is 12.1 Å². The summed E-state index contributed by atoms with van der Waals surface area (Å²) in [7, 11) is 4.50. The van der Waals surface area contributed by atoms with E-state index in [1.807, 2.05) is 51.3 Å². The monoisotopic (exact) mass is 487 g/mol. The first kappa shape index (κ1) is 27.3. The normalized spacial score (nSPS) is 10.7. The molecule has 0 saturated heterocycles. The molecule has 0 fully saturated rings. The van der Waals surface area contributed by atoms with E-state index in [9.17, 15) is 4.79 Å². The van der Waals surface area contributed by atoms with Gasteiger partial charge in [-0.25, -0.2) is 4.79 Å². The highest BCUT2D eigenvalue weighted by Crippen LogP contribution is 2.48. The number of ether oxygens (including phenoxy) is 2. The van der Waals surface area contributed by atoms with Crippen LogP contribution < -0.4 is 19.3 Å². The number of para-hydroxylation sites is 2. The van der Waals surface area contributed by atoms with E-state index in [2.05, 4.69) is 5.32 Å². The van der Waals surface area contributed by atoms with E-state index in [4.69, 9.17) is 34.9 Å². The first-order valence-electron chi connectivity index (χ1n) is 9.39. The van der Waals surface area contributed by atoms with Gasteiger partial charge in [-0.3, -0.25) is 0 Å². The number of benzene rings is 2. The highest BCUT2D eigenvalue weighted by atomic mass is 32.5. The lowest BCUT2D eigenvalue weighted by Crippen LogP contribution is -2.22. The summed E-state index contributed by atoms with van der Waals surface area (Å²) in [6.07, 6.45) is 1.58. The summed E-state index contributed by atoms with van der Waals surface area (Å²) in [5.41, 5.74) is 1.15. The molecular formula is C21H30NO6PS2. The van der Waals surface area contributed by atoms with Gasteiger partial charge in [0.05, 0.1) is 6.10 Å². The Balaban J connectivity index is 0.000000311. The van der Waals surface area contributed by atoms with Crippen molar-refractivity contribution in [1.82, 2.24) is 5.32 Å². The first-order chi connectivity index (χ1) is 14.7. The molecule has 0 unspecified atom stereocenters. The fourth-order valence-corrected chi connectivity index (χ4v) is 3.74. The maximum atomic E-state index is 11.0. The third-order valence-corrected chi connectivity index (χ3v) is 6.99. The van der Waals surface area contributed by atoms with Crippen LogP contribution in [-0.2, 0) is 20.9 Å². The van der Waals surface area contributed by atoms with Gasteiger partial charge in [0, 0.05) is 38.0 Å². The Kier molecular flexibility index (Phi) is 12.0. The Labute approximate surface area is 194 Å².